The number of aryl methyl sites for hydroxylation is 1. The van der Waals surface area contributed by atoms with Gasteiger partial charge >= 0.3 is 0 Å². The maximum atomic E-state index is 5.70. The smallest absolute Gasteiger partial charge is 0.218 e. The molecule has 19 heavy (non-hydrogen) atoms. The number of hydrogen-bond acceptors (Lipinski definition) is 4. The van der Waals surface area contributed by atoms with E-state index in [0.29, 0.717) is 11.9 Å². The molecule has 4 heteroatoms. The van der Waals surface area contributed by atoms with Crippen molar-refractivity contribution in [3.8, 4) is 5.88 Å². The highest BCUT2D eigenvalue weighted by molar-refractivity contribution is 5.39. The van der Waals surface area contributed by atoms with Crippen molar-refractivity contribution in [2.45, 2.75) is 64.8 Å². The van der Waals surface area contributed by atoms with Crippen molar-refractivity contribution in [1.82, 2.24) is 9.97 Å². The fourth-order valence-corrected chi connectivity index (χ4v) is 2.38. The molecule has 0 aromatic carbocycles. The van der Waals surface area contributed by atoms with E-state index in [1.165, 1.54) is 25.7 Å². The molecule has 0 saturated heterocycles. The Balaban J connectivity index is 2.01. The molecule has 0 atom stereocenters. The lowest BCUT2D eigenvalue weighted by Crippen LogP contribution is -2.16. The van der Waals surface area contributed by atoms with E-state index >= 15 is 0 Å². The third-order valence-electron chi connectivity index (χ3n) is 3.52. The third-order valence-corrected chi connectivity index (χ3v) is 3.52. The molecule has 1 fully saturated rings. The monoisotopic (exact) mass is 263 g/mol. The summed E-state index contributed by atoms with van der Waals surface area (Å²) in [5.41, 5.74) is 0. The summed E-state index contributed by atoms with van der Waals surface area (Å²) in [6, 6.07) is 2.51. The summed E-state index contributed by atoms with van der Waals surface area (Å²) in [6.45, 7) is 4.97. The predicted octanol–water partition coefficient (Wildman–Crippen LogP) is 3.57. The van der Waals surface area contributed by atoms with Crippen molar-refractivity contribution in [1.29, 1.82) is 0 Å². The van der Waals surface area contributed by atoms with Gasteiger partial charge in [0, 0.05) is 18.5 Å². The van der Waals surface area contributed by atoms with Gasteiger partial charge in [-0.1, -0.05) is 33.1 Å². The summed E-state index contributed by atoms with van der Waals surface area (Å²) in [5, 5.41) is 3.52. The zero-order chi connectivity index (χ0) is 13.5. The quantitative estimate of drug-likeness (QED) is 0.764. The van der Waals surface area contributed by atoms with Gasteiger partial charge in [-0.15, -0.1) is 0 Å². The van der Waals surface area contributed by atoms with E-state index in [-0.39, 0.29) is 0 Å². The number of hydrogen-bond donors (Lipinski definition) is 1. The fraction of sp³-hybridized carbons (Fsp3) is 0.733. The van der Waals surface area contributed by atoms with E-state index in [2.05, 4.69) is 29.1 Å². The summed E-state index contributed by atoms with van der Waals surface area (Å²) in [6.07, 6.45) is 8.18. The van der Waals surface area contributed by atoms with Gasteiger partial charge in [-0.05, 0) is 19.3 Å². The molecule has 0 unspecified atom stereocenters. The highest BCUT2D eigenvalue weighted by Gasteiger charge is 2.16. The standard InChI is InChI=1S/C15H25N3O/c1-3-5-10-19-15-11-14(17-13(4-2)18-15)16-12-8-6-7-9-12/h11-12H,3-10H2,1-2H3,(H,16,17,18). The molecule has 0 spiro atoms. The van der Waals surface area contributed by atoms with Crippen molar-refractivity contribution in [3.05, 3.63) is 11.9 Å². The molecule has 0 amide bonds. The molecule has 4 nitrogen and oxygen atoms in total. The van der Waals surface area contributed by atoms with Gasteiger partial charge in [0.15, 0.2) is 0 Å². The maximum absolute atomic E-state index is 5.70. The van der Waals surface area contributed by atoms with Crippen molar-refractivity contribution < 1.29 is 4.74 Å². The Morgan fingerprint density at radius 2 is 2.05 bits per heavy atom. The van der Waals surface area contributed by atoms with Crippen molar-refractivity contribution >= 4 is 5.82 Å². The van der Waals surface area contributed by atoms with E-state index < -0.39 is 0 Å². The molecule has 106 valence electrons. The largest absolute Gasteiger partial charge is 0.478 e. The second-order valence-corrected chi connectivity index (χ2v) is 5.19. The van der Waals surface area contributed by atoms with Crippen LogP contribution in [0.4, 0.5) is 5.82 Å². The second kappa shape index (κ2) is 7.31. The normalized spacial score (nSPS) is 15.7. The summed E-state index contributed by atoms with van der Waals surface area (Å²) >= 11 is 0. The van der Waals surface area contributed by atoms with Gasteiger partial charge in [-0.25, -0.2) is 4.98 Å². The van der Waals surface area contributed by atoms with Crippen LogP contribution in [0.25, 0.3) is 0 Å². The van der Waals surface area contributed by atoms with Crippen molar-refractivity contribution in [2.75, 3.05) is 11.9 Å². The second-order valence-electron chi connectivity index (χ2n) is 5.19. The molecule has 1 heterocycles. The third kappa shape index (κ3) is 4.37. The lowest BCUT2D eigenvalue weighted by atomic mass is 10.2. The Morgan fingerprint density at radius 1 is 1.26 bits per heavy atom. The first-order valence-electron chi connectivity index (χ1n) is 7.59. The number of nitrogens with one attached hydrogen (secondary N) is 1. The minimum atomic E-state index is 0.572. The molecule has 0 bridgehead atoms. The van der Waals surface area contributed by atoms with Gasteiger partial charge < -0.3 is 10.1 Å². The van der Waals surface area contributed by atoms with Crippen LogP contribution in [0.3, 0.4) is 0 Å². The van der Waals surface area contributed by atoms with Gasteiger partial charge in [0.05, 0.1) is 6.61 Å². The van der Waals surface area contributed by atoms with Crippen LogP contribution >= 0.6 is 0 Å². The van der Waals surface area contributed by atoms with E-state index in [1.54, 1.807) is 0 Å². The Morgan fingerprint density at radius 3 is 2.74 bits per heavy atom. The molecule has 1 saturated carbocycles. The van der Waals surface area contributed by atoms with Gasteiger partial charge in [-0.3, -0.25) is 0 Å². The van der Waals surface area contributed by atoms with Crippen LogP contribution in [0, 0.1) is 0 Å². The number of aromatic nitrogens is 2. The summed E-state index contributed by atoms with van der Waals surface area (Å²) in [5.74, 6) is 2.49. The maximum Gasteiger partial charge on any atom is 0.218 e. The van der Waals surface area contributed by atoms with E-state index in [1.807, 2.05) is 6.07 Å². The van der Waals surface area contributed by atoms with Gasteiger partial charge in [0.25, 0.3) is 0 Å². The van der Waals surface area contributed by atoms with Crippen LogP contribution in [0.1, 0.15) is 58.2 Å². The number of ether oxygens (including phenoxy) is 1. The number of nitrogens with zero attached hydrogens (tertiary/aromatic N) is 2. The molecule has 1 aliphatic carbocycles. The molecule has 0 radical (unpaired) electrons. The number of rotatable bonds is 7. The average molecular weight is 263 g/mol. The molecule has 2 rings (SSSR count). The zero-order valence-corrected chi connectivity index (χ0v) is 12.1. The van der Waals surface area contributed by atoms with Gasteiger partial charge in [0.2, 0.25) is 5.88 Å². The summed E-state index contributed by atoms with van der Waals surface area (Å²) < 4.78 is 5.70. The first-order chi connectivity index (χ1) is 9.31. The molecule has 1 aliphatic rings. The topological polar surface area (TPSA) is 47.0 Å². The first kappa shape index (κ1) is 14.1. The first-order valence-corrected chi connectivity index (χ1v) is 7.59. The number of unbranched alkanes of at least 4 members (excludes halogenated alkanes) is 1. The van der Waals surface area contributed by atoms with Crippen LogP contribution < -0.4 is 10.1 Å². The summed E-state index contributed by atoms with van der Waals surface area (Å²) in [4.78, 5) is 8.97. The minimum Gasteiger partial charge on any atom is -0.478 e. The highest BCUT2D eigenvalue weighted by atomic mass is 16.5. The molecule has 1 aromatic rings. The minimum absolute atomic E-state index is 0.572. The molecule has 1 aromatic heterocycles. The number of anilines is 1. The highest BCUT2D eigenvalue weighted by Crippen LogP contribution is 2.23. The van der Waals surface area contributed by atoms with Crippen LogP contribution in [-0.4, -0.2) is 22.6 Å². The SMILES string of the molecule is CCCCOc1cc(NC2CCCC2)nc(CC)n1. The Labute approximate surface area is 116 Å². The van der Waals surface area contributed by atoms with Crippen LogP contribution in [0.15, 0.2) is 6.07 Å². The van der Waals surface area contributed by atoms with Gasteiger partial charge in [0.1, 0.15) is 11.6 Å². The Hall–Kier alpha value is -1.32. The molecule has 0 aliphatic heterocycles. The van der Waals surface area contributed by atoms with Crippen LogP contribution in [0.2, 0.25) is 0 Å². The van der Waals surface area contributed by atoms with E-state index in [9.17, 15) is 0 Å². The van der Waals surface area contributed by atoms with Crippen LogP contribution in [-0.2, 0) is 6.42 Å². The molecule has 1 N–H and O–H groups in total. The summed E-state index contributed by atoms with van der Waals surface area (Å²) in [7, 11) is 0. The van der Waals surface area contributed by atoms with Gasteiger partial charge in [-0.2, -0.15) is 4.98 Å². The average Bonchev–Trinajstić information content (AvgIpc) is 2.91. The van der Waals surface area contributed by atoms with Crippen LogP contribution in [0.5, 0.6) is 5.88 Å². The fourth-order valence-electron chi connectivity index (χ4n) is 2.38. The van der Waals surface area contributed by atoms with Crippen molar-refractivity contribution in [2.24, 2.45) is 0 Å². The van der Waals surface area contributed by atoms with Crippen molar-refractivity contribution in [3.63, 3.8) is 0 Å². The van der Waals surface area contributed by atoms with E-state index in [0.717, 1.165) is 37.5 Å². The molecular formula is C15H25N3O. The Bertz CT molecular complexity index is 389. The lowest BCUT2D eigenvalue weighted by Gasteiger charge is -2.14. The molecular weight excluding hydrogens is 238 g/mol. The Kier molecular flexibility index (Phi) is 5.43. The lowest BCUT2D eigenvalue weighted by molar-refractivity contribution is 0.296. The zero-order valence-electron chi connectivity index (χ0n) is 12.1. The predicted molar refractivity (Wildman–Crippen MR) is 77.7 cm³/mol. The van der Waals surface area contributed by atoms with E-state index in [4.69, 9.17) is 4.74 Å².